The van der Waals surface area contributed by atoms with Crippen molar-refractivity contribution in [1.29, 1.82) is 0 Å². The molecule has 4 heteroatoms. The zero-order valence-electron chi connectivity index (χ0n) is 14.1. The lowest BCUT2D eigenvalue weighted by Gasteiger charge is -2.39. The van der Waals surface area contributed by atoms with Crippen LogP contribution in [0.4, 0.5) is 5.82 Å². The fraction of sp³-hybridized carbons (Fsp3) is 0.368. The molecule has 0 amide bonds. The highest BCUT2D eigenvalue weighted by molar-refractivity contribution is 5.92. The van der Waals surface area contributed by atoms with Crippen molar-refractivity contribution in [3.05, 3.63) is 52.8 Å². The Bertz CT molecular complexity index is 880. The first kappa shape index (κ1) is 14.2. The summed E-state index contributed by atoms with van der Waals surface area (Å²) in [5.74, 6) is 1.45. The Morgan fingerprint density at radius 1 is 1.13 bits per heavy atom. The molecule has 1 aliphatic rings. The number of aromatic nitrogens is 3. The fourth-order valence-electron chi connectivity index (χ4n) is 3.80. The van der Waals surface area contributed by atoms with E-state index in [-0.39, 0.29) is 0 Å². The SMILES string of the molecule is Cc1[nH]c2c(N3CC(C)c4ccccc4C3C)nncc2c1C. The Morgan fingerprint density at radius 3 is 2.65 bits per heavy atom. The molecule has 4 rings (SSSR count). The van der Waals surface area contributed by atoms with Crippen LogP contribution in [0.2, 0.25) is 0 Å². The summed E-state index contributed by atoms with van der Waals surface area (Å²) in [7, 11) is 0. The van der Waals surface area contributed by atoms with Gasteiger partial charge < -0.3 is 9.88 Å². The number of nitrogens with zero attached hydrogens (tertiary/aromatic N) is 3. The molecule has 0 aliphatic carbocycles. The molecule has 1 aromatic carbocycles. The average Bonchev–Trinajstić information content (AvgIpc) is 2.86. The van der Waals surface area contributed by atoms with Gasteiger partial charge in [-0.25, -0.2) is 0 Å². The summed E-state index contributed by atoms with van der Waals surface area (Å²) in [4.78, 5) is 5.89. The third-order valence-corrected chi connectivity index (χ3v) is 5.30. The van der Waals surface area contributed by atoms with Crippen LogP contribution in [-0.2, 0) is 0 Å². The number of aromatic amines is 1. The molecule has 0 saturated heterocycles. The summed E-state index contributed by atoms with van der Waals surface area (Å²) in [6, 6.07) is 9.05. The molecule has 1 aliphatic heterocycles. The lowest BCUT2D eigenvalue weighted by atomic mass is 9.87. The molecule has 0 spiro atoms. The topological polar surface area (TPSA) is 44.8 Å². The van der Waals surface area contributed by atoms with E-state index in [9.17, 15) is 0 Å². The summed E-state index contributed by atoms with van der Waals surface area (Å²) in [5.41, 5.74) is 6.40. The Balaban J connectivity index is 1.88. The maximum atomic E-state index is 4.49. The second kappa shape index (κ2) is 5.08. The van der Waals surface area contributed by atoms with E-state index in [0.717, 1.165) is 17.9 Å². The quantitative estimate of drug-likeness (QED) is 0.730. The molecule has 0 radical (unpaired) electrons. The third kappa shape index (κ3) is 2.05. The van der Waals surface area contributed by atoms with Gasteiger partial charge in [-0.05, 0) is 43.4 Å². The highest BCUT2D eigenvalue weighted by Crippen LogP contribution is 2.39. The maximum absolute atomic E-state index is 4.49. The van der Waals surface area contributed by atoms with E-state index in [1.165, 1.54) is 27.8 Å². The van der Waals surface area contributed by atoms with E-state index in [4.69, 9.17) is 0 Å². The van der Waals surface area contributed by atoms with E-state index in [1.54, 1.807) is 0 Å². The van der Waals surface area contributed by atoms with Crippen LogP contribution in [0.5, 0.6) is 0 Å². The fourth-order valence-corrected chi connectivity index (χ4v) is 3.80. The number of nitrogens with one attached hydrogen (secondary N) is 1. The Labute approximate surface area is 136 Å². The minimum atomic E-state index is 0.297. The molecule has 1 N–H and O–H groups in total. The van der Waals surface area contributed by atoms with Crippen LogP contribution in [-0.4, -0.2) is 21.7 Å². The van der Waals surface area contributed by atoms with Gasteiger partial charge in [-0.2, -0.15) is 5.10 Å². The molecule has 23 heavy (non-hydrogen) atoms. The van der Waals surface area contributed by atoms with Gasteiger partial charge in [0.05, 0.1) is 17.8 Å². The highest BCUT2D eigenvalue weighted by atomic mass is 15.3. The van der Waals surface area contributed by atoms with Gasteiger partial charge in [0.15, 0.2) is 5.82 Å². The van der Waals surface area contributed by atoms with Crippen molar-refractivity contribution in [3.8, 4) is 0 Å². The molecule has 2 unspecified atom stereocenters. The molecule has 0 fully saturated rings. The van der Waals surface area contributed by atoms with Crippen molar-refractivity contribution in [3.63, 3.8) is 0 Å². The van der Waals surface area contributed by atoms with Crippen LogP contribution in [0, 0.1) is 13.8 Å². The van der Waals surface area contributed by atoms with Crippen molar-refractivity contribution in [2.24, 2.45) is 0 Å². The Kier molecular flexibility index (Phi) is 3.15. The Hall–Kier alpha value is -2.36. The van der Waals surface area contributed by atoms with Crippen molar-refractivity contribution in [1.82, 2.24) is 15.2 Å². The monoisotopic (exact) mass is 306 g/mol. The minimum Gasteiger partial charge on any atom is -0.355 e. The summed E-state index contributed by atoms with van der Waals surface area (Å²) in [6.07, 6.45) is 1.86. The van der Waals surface area contributed by atoms with Gasteiger partial charge >= 0.3 is 0 Å². The Morgan fingerprint density at radius 2 is 1.87 bits per heavy atom. The molecular weight excluding hydrogens is 284 g/mol. The zero-order chi connectivity index (χ0) is 16.1. The molecule has 4 nitrogen and oxygen atoms in total. The van der Waals surface area contributed by atoms with Gasteiger partial charge in [0.25, 0.3) is 0 Å². The largest absolute Gasteiger partial charge is 0.355 e. The number of anilines is 1. The summed E-state index contributed by atoms with van der Waals surface area (Å²) >= 11 is 0. The number of fused-ring (bicyclic) bond motifs is 2. The van der Waals surface area contributed by atoms with Gasteiger partial charge in [0, 0.05) is 17.6 Å². The van der Waals surface area contributed by atoms with Crippen LogP contribution in [0.1, 0.15) is 48.2 Å². The van der Waals surface area contributed by atoms with Crippen LogP contribution in [0.3, 0.4) is 0 Å². The third-order valence-electron chi connectivity index (χ3n) is 5.30. The number of hydrogen-bond donors (Lipinski definition) is 1. The molecule has 2 aromatic heterocycles. The van der Waals surface area contributed by atoms with Gasteiger partial charge in [-0.3, -0.25) is 0 Å². The van der Waals surface area contributed by atoms with E-state index in [2.05, 4.69) is 72.0 Å². The molecule has 0 saturated carbocycles. The minimum absolute atomic E-state index is 0.297. The first-order valence-electron chi connectivity index (χ1n) is 8.24. The lowest BCUT2D eigenvalue weighted by molar-refractivity contribution is 0.561. The number of rotatable bonds is 1. The highest BCUT2D eigenvalue weighted by Gasteiger charge is 2.30. The predicted molar refractivity (Wildman–Crippen MR) is 94.0 cm³/mol. The van der Waals surface area contributed by atoms with E-state index in [0.29, 0.717) is 12.0 Å². The molecule has 118 valence electrons. The van der Waals surface area contributed by atoms with E-state index >= 15 is 0 Å². The molecule has 0 bridgehead atoms. The molecule has 3 aromatic rings. The van der Waals surface area contributed by atoms with Crippen molar-refractivity contribution >= 4 is 16.7 Å². The van der Waals surface area contributed by atoms with Gasteiger partial charge in [0.1, 0.15) is 0 Å². The van der Waals surface area contributed by atoms with Gasteiger partial charge in [-0.1, -0.05) is 31.2 Å². The number of benzene rings is 1. The molecule has 2 atom stereocenters. The summed E-state index contributed by atoms with van der Waals surface area (Å²) < 4.78 is 0. The van der Waals surface area contributed by atoms with Crippen LogP contribution in [0.15, 0.2) is 30.5 Å². The zero-order valence-corrected chi connectivity index (χ0v) is 14.1. The smallest absolute Gasteiger partial charge is 0.176 e. The number of hydrogen-bond acceptors (Lipinski definition) is 3. The lowest BCUT2D eigenvalue weighted by Crippen LogP contribution is -2.36. The number of H-pyrrole nitrogens is 1. The first-order valence-corrected chi connectivity index (χ1v) is 8.24. The van der Waals surface area contributed by atoms with E-state index < -0.39 is 0 Å². The van der Waals surface area contributed by atoms with Crippen molar-refractivity contribution < 1.29 is 0 Å². The second-order valence-corrected chi connectivity index (χ2v) is 6.69. The average molecular weight is 306 g/mol. The normalized spacial score (nSPS) is 20.8. The van der Waals surface area contributed by atoms with Crippen LogP contribution >= 0.6 is 0 Å². The van der Waals surface area contributed by atoms with Gasteiger partial charge in [0.2, 0.25) is 0 Å². The van der Waals surface area contributed by atoms with E-state index in [1.807, 2.05) is 6.20 Å². The maximum Gasteiger partial charge on any atom is 0.176 e. The first-order chi connectivity index (χ1) is 11.1. The van der Waals surface area contributed by atoms with Crippen molar-refractivity contribution in [2.45, 2.75) is 39.7 Å². The summed E-state index contributed by atoms with van der Waals surface area (Å²) in [5, 5.41) is 9.93. The second-order valence-electron chi connectivity index (χ2n) is 6.69. The standard InChI is InChI=1S/C19H22N4/c1-11-10-23(14(4)16-8-6-5-7-15(11)16)19-18-17(9-20-22-19)12(2)13(3)21-18/h5-9,11,14,21H,10H2,1-4H3. The molecule has 3 heterocycles. The predicted octanol–water partition coefficient (Wildman–Crippen LogP) is 4.26. The number of aryl methyl sites for hydroxylation is 2. The van der Waals surface area contributed by atoms with Crippen LogP contribution in [0.25, 0.3) is 10.9 Å². The van der Waals surface area contributed by atoms with Crippen molar-refractivity contribution in [2.75, 3.05) is 11.4 Å². The molecular formula is C19H22N4. The summed E-state index contributed by atoms with van der Waals surface area (Å²) in [6.45, 7) is 9.75. The van der Waals surface area contributed by atoms with Crippen LogP contribution < -0.4 is 4.90 Å². The van der Waals surface area contributed by atoms with Gasteiger partial charge in [-0.15, -0.1) is 5.10 Å².